The number of rotatable bonds is 5. The Balaban J connectivity index is 2.30. The minimum atomic E-state index is -0.614. The monoisotopic (exact) mass is 437 g/mol. The van der Waals surface area contributed by atoms with Gasteiger partial charge in [-0.3, -0.25) is 10.7 Å². The van der Waals surface area contributed by atoms with E-state index < -0.39 is 17.5 Å². The highest BCUT2D eigenvalue weighted by Gasteiger charge is 2.19. The number of esters is 2. The molecule has 7 nitrogen and oxygen atoms in total. The molecule has 8 heteroatoms. The number of benzene rings is 2. The largest absolute Gasteiger partial charge is 0.465 e. The lowest BCUT2D eigenvalue weighted by atomic mass is 10.1. The fourth-order valence-electron chi connectivity index (χ4n) is 2.14. The van der Waals surface area contributed by atoms with E-state index in [2.05, 4.69) is 20.7 Å². The zero-order valence-corrected chi connectivity index (χ0v) is 16.9. The van der Waals surface area contributed by atoms with E-state index in [4.69, 9.17) is 9.47 Å². The molecule has 27 heavy (non-hydrogen) atoms. The summed E-state index contributed by atoms with van der Waals surface area (Å²) in [5.74, 6) is -0.376. The second-order valence-electron chi connectivity index (χ2n) is 6.56. The first kappa shape index (κ1) is 20.7. The molecule has 0 radical (unpaired) electrons. The molecule has 0 amide bonds. The van der Waals surface area contributed by atoms with Crippen molar-refractivity contribution in [3.05, 3.63) is 52.0 Å². The first-order chi connectivity index (χ1) is 12.6. The molecular formula is C19H20BrNO6. The second-order valence-corrected chi connectivity index (χ2v) is 7.41. The Morgan fingerprint density at radius 3 is 2.37 bits per heavy atom. The van der Waals surface area contributed by atoms with Crippen molar-refractivity contribution >= 4 is 33.6 Å². The van der Waals surface area contributed by atoms with E-state index in [-0.39, 0.29) is 11.3 Å². The van der Waals surface area contributed by atoms with Gasteiger partial charge in [-0.2, -0.15) is 0 Å². The van der Waals surface area contributed by atoms with Crippen LogP contribution in [0.5, 0.6) is 11.5 Å². The summed E-state index contributed by atoms with van der Waals surface area (Å²) in [6, 6.07) is 9.25. The highest BCUT2D eigenvalue weighted by atomic mass is 79.9. The van der Waals surface area contributed by atoms with Gasteiger partial charge in [-0.05, 0) is 67.0 Å². The molecule has 0 aliphatic heterocycles. The van der Waals surface area contributed by atoms with Crippen LogP contribution in [0.1, 0.15) is 41.5 Å². The number of methoxy groups -OCH3 is 1. The SMILES string of the molecule is COC(=O)c1ccc(Oc2cc(C(=O)OC(C)(C)C)ccc2Br)cc1NO. The number of ether oxygens (including phenoxy) is 3. The molecule has 2 rings (SSSR count). The topological polar surface area (TPSA) is 94.1 Å². The fourth-order valence-corrected chi connectivity index (χ4v) is 2.47. The van der Waals surface area contributed by atoms with Crippen LogP contribution < -0.4 is 10.2 Å². The molecule has 2 aromatic carbocycles. The third-order valence-electron chi connectivity index (χ3n) is 3.31. The van der Waals surface area contributed by atoms with Crippen LogP contribution >= 0.6 is 15.9 Å². The van der Waals surface area contributed by atoms with Gasteiger partial charge in [0.25, 0.3) is 0 Å². The minimum absolute atomic E-state index is 0.124. The third-order valence-corrected chi connectivity index (χ3v) is 3.97. The molecule has 2 N–H and O–H groups in total. The van der Waals surface area contributed by atoms with Crippen molar-refractivity contribution < 1.29 is 29.0 Å². The van der Waals surface area contributed by atoms with Gasteiger partial charge in [0.15, 0.2) is 0 Å². The summed E-state index contributed by atoms with van der Waals surface area (Å²) in [6.45, 7) is 5.36. The predicted octanol–water partition coefficient (Wildman–Crippen LogP) is 4.78. The van der Waals surface area contributed by atoms with Crippen LogP contribution in [0.25, 0.3) is 0 Å². The third kappa shape index (κ3) is 5.45. The summed E-state index contributed by atoms with van der Waals surface area (Å²) in [5.41, 5.74) is 1.93. The molecule has 0 spiro atoms. The maximum atomic E-state index is 12.2. The summed E-state index contributed by atoms with van der Waals surface area (Å²) in [7, 11) is 1.24. The first-order valence-electron chi connectivity index (χ1n) is 7.98. The van der Waals surface area contributed by atoms with Gasteiger partial charge >= 0.3 is 11.9 Å². The van der Waals surface area contributed by atoms with E-state index in [0.29, 0.717) is 21.5 Å². The quantitative estimate of drug-likeness (QED) is 0.512. The van der Waals surface area contributed by atoms with Crippen LogP contribution in [0, 0.1) is 0 Å². The van der Waals surface area contributed by atoms with E-state index >= 15 is 0 Å². The highest BCUT2D eigenvalue weighted by Crippen LogP contribution is 2.33. The zero-order chi connectivity index (χ0) is 20.2. The smallest absolute Gasteiger partial charge is 0.340 e. The molecule has 0 bridgehead atoms. The lowest BCUT2D eigenvalue weighted by Crippen LogP contribution is -2.23. The van der Waals surface area contributed by atoms with Crippen LogP contribution in [0.2, 0.25) is 0 Å². The van der Waals surface area contributed by atoms with Crippen LogP contribution in [0.15, 0.2) is 40.9 Å². The maximum absolute atomic E-state index is 12.2. The Morgan fingerprint density at radius 2 is 1.78 bits per heavy atom. The van der Waals surface area contributed by atoms with Gasteiger partial charge in [0.2, 0.25) is 0 Å². The Labute approximate surface area is 165 Å². The number of nitrogens with one attached hydrogen (secondary N) is 1. The molecular weight excluding hydrogens is 418 g/mol. The van der Waals surface area contributed by atoms with Crippen LogP contribution in [-0.4, -0.2) is 29.9 Å². The molecule has 0 aliphatic carbocycles. The van der Waals surface area contributed by atoms with E-state index in [1.165, 1.54) is 19.2 Å². The summed E-state index contributed by atoms with van der Waals surface area (Å²) in [6.07, 6.45) is 0. The average Bonchev–Trinajstić information content (AvgIpc) is 2.61. The Hall–Kier alpha value is -2.58. The van der Waals surface area contributed by atoms with E-state index in [9.17, 15) is 14.8 Å². The molecule has 0 saturated carbocycles. The van der Waals surface area contributed by atoms with Crippen molar-refractivity contribution in [1.82, 2.24) is 0 Å². The molecule has 144 valence electrons. The molecule has 0 unspecified atom stereocenters. The number of hydrogen-bond donors (Lipinski definition) is 2. The van der Waals surface area contributed by atoms with Gasteiger partial charge in [-0.25, -0.2) is 9.59 Å². The standard InChI is InChI=1S/C19H20BrNO6/c1-19(2,3)27-17(22)11-5-8-14(20)16(9-11)26-12-6-7-13(18(23)25-4)15(10-12)21-24/h5-10,21,24H,1-4H3. The number of carbonyl (C=O) groups excluding carboxylic acids is 2. The van der Waals surface area contributed by atoms with Crippen molar-refractivity contribution in [1.29, 1.82) is 0 Å². The van der Waals surface area contributed by atoms with E-state index in [0.717, 1.165) is 0 Å². The lowest BCUT2D eigenvalue weighted by molar-refractivity contribution is 0.00689. The van der Waals surface area contributed by atoms with Crippen molar-refractivity contribution in [2.24, 2.45) is 0 Å². The number of anilines is 1. The van der Waals surface area contributed by atoms with E-state index in [1.807, 2.05) is 5.48 Å². The predicted molar refractivity (Wildman–Crippen MR) is 103 cm³/mol. The molecule has 0 saturated heterocycles. The summed E-state index contributed by atoms with van der Waals surface area (Å²) < 4.78 is 16.4. The summed E-state index contributed by atoms with van der Waals surface area (Å²) in [4.78, 5) is 23.9. The second kappa shape index (κ2) is 8.41. The summed E-state index contributed by atoms with van der Waals surface area (Å²) in [5, 5.41) is 9.25. The lowest BCUT2D eigenvalue weighted by Gasteiger charge is -2.20. The van der Waals surface area contributed by atoms with Crippen LogP contribution in [-0.2, 0) is 9.47 Å². The van der Waals surface area contributed by atoms with E-state index in [1.54, 1.807) is 45.0 Å². The fraction of sp³-hybridized carbons (Fsp3) is 0.263. The van der Waals surface area contributed by atoms with Crippen LogP contribution in [0.4, 0.5) is 5.69 Å². The van der Waals surface area contributed by atoms with Gasteiger partial charge in [-0.1, -0.05) is 0 Å². The summed E-state index contributed by atoms with van der Waals surface area (Å²) >= 11 is 3.37. The van der Waals surface area contributed by atoms with Gasteiger partial charge < -0.3 is 14.2 Å². The average molecular weight is 438 g/mol. The molecule has 0 aliphatic rings. The van der Waals surface area contributed by atoms with Crippen molar-refractivity contribution in [3.8, 4) is 11.5 Å². The normalized spacial score (nSPS) is 10.9. The number of carbonyl (C=O) groups is 2. The first-order valence-corrected chi connectivity index (χ1v) is 8.77. The molecule has 0 fully saturated rings. The van der Waals surface area contributed by atoms with Gasteiger partial charge in [0.05, 0.1) is 28.4 Å². The number of hydrogen-bond acceptors (Lipinski definition) is 7. The Morgan fingerprint density at radius 1 is 1.07 bits per heavy atom. The molecule has 0 heterocycles. The zero-order valence-electron chi connectivity index (χ0n) is 15.3. The molecule has 0 aromatic heterocycles. The van der Waals surface area contributed by atoms with Crippen molar-refractivity contribution in [3.63, 3.8) is 0 Å². The van der Waals surface area contributed by atoms with Crippen LogP contribution in [0.3, 0.4) is 0 Å². The number of halogens is 1. The maximum Gasteiger partial charge on any atom is 0.340 e. The van der Waals surface area contributed by atoms with Crippen molar-refractivity contribution in [2.75, 3.05) is 12.6 Å². The van der Waals surface area contributed by atoms with Gasteiger partial charge in [0.1, 0.15) is 17.1 Å². The Kier molecular flexibility index (Phi) is 6.45. The molecule has 2 aromatic rings. The van der Waals surface area contributed by atoms with Gasteiger partial charge in [0, 0.05) is 6.07 Å². The van der Waals surface area contributed by atoms with Crippen molar-refractivity contribution in [2.45, 2.75) is 26.4 Å². The minimum Gasteiger partial charge on any atom is -0.465 e. The highest BCUT2D eigenvalue weighted by molar-refractivity contribution is 9.10. The van der Waals surface area contributed by atoms with Gasteiger partial charge in [-0.15, -0.1) is 0 Å². The Bertz CT molecular complexity index is 860. The molecule has 0 atom stereocenters.